The highest BCUT2D eigenvalue weighted by Crippen LogP contribution is 2.11. The van der Waals surface area contributed by atoms with E-state index in [1.54, 1.807) is 0 Å². The minimum absolute atomic E-state index is 0.0325. The predicted octanol–water partition coefficient (Wildman–Crippen LogP) is -3.31. The SMILES string of the molecule is O=COCC(O)(COC=O)C(=O)OCCOOSOOCCOC(=O)C(O)(COC=O)COC=O. The molecule has 0 aliphatic rings. The Kier molecular flexibility index (Phi) is 17.6. The van der Waals surface area contributed by atoms with Crippen LogP contribution in [0.2, 0.25) is 0 Å². The third-order valence-electron chi connectivity index (χ3n) is 3.27. The summed E-state index contributed by atoms with van der Waals surface area (Å²) in [6.45, 7) is -5.02. The first kappa shape index (κ1) is 31.9. The van der Waals surface area contributed by atoms with Gasteiger partial charge in [0.05, 0.1) is 0 Å². The molecule has 19 heteroatoms. The smallest absolute Gasteiger partial charge is 0.345 e. The molecule has 0 spiro atoms. The van der Waals surface area contributed by atoms with Gasteiger partial charge in [0.2, 0.25) is 23.5 Å². The van der Waals surface area contributed by atoms with Crippen LogP contribution >= 0.6 is 12.3 Å². The molecule has 0 bridgehead atoms. The number of ether oxygens (including phenoxy) is 6. The van der Waals surface area contributed by atoms with E-state index in [0.29, 0.717) is 0 Å². The van der Waals surface area contributed by atoms with Crippen LogP contribution in [0.3, 0.4) is 0 Å². The van der Waals surface area contributed by atoms with E-state index < -0.39 is 62.8 Å². The van der Waals surface area contributed by atoms with E-state index in [2.05, 4.69) is 46.9 Å². The standard InChI is InChI=1S/C16H22O18S/c17-9-25-5-15(23,6-26-10-18)13(21)29-1-3-31-33-35-34-32-4-2-30-14(22)16(24,7-27-11-19)8-28-12-20/h9-12,23-24H,1-8H2. The summed E-state index contributed by atoms with van der Waals surface area (Å²) >= 11 is 0.167. The normalized spacial score (nSPS) is 11.0. The Morgan fingerprint density at radius 2 is 0.914 bits per heavy atom. The van der Waals surface area contributed by atoms with Gasteiger partial charge in [-0.05, 0) is 0 Å². The summed E-state index contributed by atoms with van der Waals surface area (Å²) in [4.78, 5) is 73.6. The lowest BCUT2D eigenvalue weighted by molar-refractivity contribution is -0.247. The van der Waals surface area contributed by atoms with Crippen LogP contribution in [-0.2, 0) is 75.6 Å². The molecular formula is C16H22O18S. The lowest BCUT2D eigenvalue weighted by Crippen LogP contribution is -2.48. The van der Waals surface area contributed by atoms with Crippen molar-refractivity contribution in [3.63, 3.8) is 0 Å². The maximum Gasteiger partial charge on any atom is 0.345 e. The first-order valence-corrected chi connectivity index (χ1v) is 9.71. The molecule has 0 fully saturated rings. The molecule has 0 amide bonds. The molecule has 0 rings (SSSR count). The van der Waals surface area contributed by atoms with Gasteiger partial charge >= 0.3 is 11.9 Å². The van der Waals surface area contributed by atoms with Crippen LogP contribution in [0.4, 0.5) is 0 Å². The molecule has 35 heavy (non-hydrogen) atoms. The molecule has 0 atom stereocenters. The predicted molar refractivity (Wildman–Crippen MR) is 102 cm³/mol. The van der Waals surface area contributed by atoms with E-state index in [0.717, 1.165) is 0 Å². The lowest BCUT2D eigenvalue weighted by Gasteiger charge is -2.23. The van der Waals surface area contributed by atoms with Crippen LogP contribution in [0.1, 0.15) is 0 Å². The number of rotatable bonds is 24. The van der Waals surface area contributed by atoms with E-state index in [-0.39, 0.29) is 51.4 Å². The summed E-state index contributed by atoms with van der Waals surface area (Å²) in [5.74, 6) is -2.54. The Morgan fingerprint density at radius 1 is 0.600 bits per heavy atom. The zero-order chi connectivity index (χ0) is 26.4. The van der Waals surface area contributed by atoms with Gasteiger partial charge in [0.15, 0.2) is 0 Å². The molecular weight excluding hydrogens is 512 g/mol. The highest BCUT2D eigenvalue weighted by Gasteiger charge is 2.41. The molecule has 0 heterocycles. The zero-order valence-electron chi connectivity index (χ0n) is 17.8. The first-order valence-electron chi connectivity index (χ1n) is 9.04. The van der Waals surface area contributed by atoms with E-state index in [1.807, 2.05) is 0 Å². The van der Waals surface area contributed by atoms with E-state index in [9.17, 15) is 39.0 Å². The van der Waals surface area contributed by atoms with Crippen molar-refractivity contribution in [1.82, 2.24) is 0 Å². The van der Waals surface area contributed by atoms with Crippen molar-refractivity contribution in [3.8, 4) is 0 Å². The molecule has 0 aromatic rings. The summed E-state index contributed by atoms with van der Waals surface area (Å²) < 4.78 is 35.3. The molecule has 0 unspecified atom stereocenters. The van der Waals surface area contributed by atoms with E-state index in [1.165, 1.54) is 0 Å². The molecule has 0 aromatic heterocycles. The van der Waals surface area contributed by atoms with Crippen molar-refractivity contribution >= 4 is 50.2 Å². The summed E-state index contributed by atoms with van der Waals surface area (Å²) in [6, 6.07) is 0. The second kappa shape index (κ2) is 19.3. The van der Waals surface area contributed by atoms with Crippen molar-refractivity contribution in [3.05, 3.63) is 0 Å². The fourth-order valence-electron chi connectivity index (χ4n) is 1.73. The third-order valence-corrected chi connectivity index (χ3v) is 3.58. The van der Waals surface area contributed by atoms with Gasteiger partial charge in [-0.3, -0.25) is 19.2 Å². The van der Waals surface area contributed by atoms with Crippen LogP contribution in [0.25, 0.3) is 0 Å². The van der Waals surface area contributed by atoms with Crippen molar-refractivity contribution in [2.75, 3.05) is 52.9 Å². The molecule has 2 N–H and O–H groups in total. The van der Waals surface area contributed by atoms with Gasteiger partial charge in [-0.2, -0.15) is 0 Å². The minimum Gasteiger partial charge on any atom is -0.464 e. The molecule has 0 saturated heterocycles. The fraction of sp³-hybridized carbons (Fsp3) is 0.625. The zero-order valence-corrected chi connectivity index (χ0v) is 18.6. The Hall–Kier alpha value is -3.07. The maximum absolute atomic E-state index is 11.8. The van der Waals surface area contributed by atoms with Gasteiger partial charge in [0, 0.05) is 0 Å². The average molecular weight is 534 g/mol. The number of hydrogen-bond donors (Lipinski definition) is 2. The monoisotopic (exact) mass is 534 g/mol. The molecule has 0 aliphatic heterocycles. The molecule has 0 aromatic carbocycles. The highest BCUT2D eigenvalue weighted by molar-refractivity contribution is 7.89. The molecule has 0 saturated carbocycles. The first-order chi connectivity index (χ1) is 16.8. The van der Waals surface area contributed by atoms with Gasteiger partial charge in [-0.15, -0.1) is 8.67 Å². The van der Waals surface area contributed by atoms with E-state index in [4.69, 9.17) is 0 Å². The number of carbonyl (C=O) groups excluding carboxylic acids is 6. The summed E-state index contributed by atoms with van der Waals surface area (Å²) in [7, 11) is 0. The van der Waals surface area contributed by atoms with Crippen LogP contribution < -0.4 is 0 Å². The van der Waals surface area contributed by atoms with Crippen LogP contribution in [0.5, 0.6) is 0 Å². The summed E-state index contributed by atoms with van der Waals surface area (Å²) in [6.07, 6.45) is 0. The molecule has 18 nitrogen and oxygen atoms in total. The van der Waals surface area contributed by atoms with E-state index >= 15 is 0 Å². The average Bonchev–Trinajstić information content (AvgIpc) is 2.86. The van der Waals surface area contributed by atoms with Crippen molar-refractivity contribution in [2.24, 2.45) is 0 Å². The van der Waals surface area contributed by atoms with Crippen LogP contribution in [0.15, 0.2) is 0 Å². The third kappa shape index (κ3) is 14.0. The Morgan fingerprint density at radius 3 is 1.20 bits per heavy atom. The Labute approximate surface area is 200 Å². The van der Waals surface area contributed by atoms with Gasteiger partial charge < -0.3 is 38.6 Å². The van der Waals surface area contributed by atoms with Gasteiger partial charge in [-0.25, -0.2) is 19.4 Å². The Balaban J connectivity index is 3.97. The van der Waals surface area contributed by atoms with Crippen molar-refractivity contribution < 1.29 is 85.8 Å². The van der Waals surface area contributed by atoms with Crippen molar-refractivity contribution in [2.45, 2.75) is 11.2 Å². The topological polar surface area (TPSA) is 235 Å². The fourth-order valence-corrected chi connectivity index (χ4v) is 1.97. The van der Waals surface area contributed by atoms with Crippen LogP contribution in [-0.4, -0.2) is 112 Å². The van der Waals surface area contributed by atoms with Crippen molar-refractivity contribution in [1.29, 1.82) is 0 Å². The number of aliphatic hydroxyl groups is 2. The quantitative estimate of drug-likeness (QED) is 0.0234. The minimum atomic E-state index is -2.42. The largest absolute Gasteiger partial charge is 0.464 e. The highest BCUT2D eigenvalue weighted by atomic mass is 32.2. The summed E-state index contributed by atoms with van der Waals surface area (Å²) in [5.41, 5.74) is -4.84. The molecule has 200 valence electrons. The Bertz CT molecular complexity index is 578. The maximum atomic E-state index is 11.8. The number of carbonyl (C=O) groups is 6. The molecule has 0 radical (unpaired) electrons. The second-order valence-corrected chi connectivity index (χ2v) is 6.22. The molecule has 0 aliphatic carbocycles. The van der Waals surface area contributed by atoms with Crippen LogP contribution in [0, 0.1) is 0 Å². The number of esters is 2. The van der Waals surface area contributed by atoms with Gasteiger partial charge in [0.1, 0.15) is 52.9 Å². The lowest BCUT2D eigenvalue weighted by atomic mass is 10.1. The van der Waals surface area contributed by atoms with Gasteiger partial charge in [-0.1, -0.05) is 0 Å². The summed E-state index contributed by atoms with van der Waals surface area (Å²) in [5, 5.41) is 20.0. The second-order valence-electron chi connectivity index (χ2n) is 5.81. The number of hydrogen-bond acceptors (Lipinski definition) is 19. The van der Waals surface area contributed by atoms with Gasteiger partial charge in [0.25, 0.3) is 25.9 Å².